The van der Waals surface area contributed by atoms with Gasteiger partial charge in [-0.1, -0.05) is 31.1 Å². The molecular formula is C22H19F5N2O4. The van der Waals surface area contributed by atoms with Crippen molar-refractivity contribution in [2.45, 2.75) is 44.4 Å². The largest absolute Gasteiger partial charge is 0.426 e. The summed E-state index contributed by atoms with van der Waals surface area (Å²) in [4.78, 5) is 24.4. The van der Waals surface area contributed by atoms with E-state index >= 15 is 0 Å². The Balaban J connectivity index is 1.99. The summed E-state index contributed by atoms with van der Waals surface area (Å²) >= 11 is 0. The second-order valence-corrected chi connectivity index (χ2v) is 8.29. The number of benzene rings is 2. The average molecular weight is 470 g/mol. The van der Waals surface area contributed by atoms with Crippen LogP contribution in [0.5, 0.6) is 0 Å². The summed E-state index contributed by atoms with van der Waals surface area (Å²) in [6.45, 7) is 3.79. The number of hydrogen-bond acceptors (Lipinski definition) is 5. The molecule has 1 atom stereocenters. The average Bonchev–Trinajstić information content (AvgIpc) is 2.71. The summed E-state index contributed by atoms with van der Waals surface area (Å²) in [5.74, 6) is -4.47. The zero-order chi connectivity index (χ0) is 24.8. The van der Waals surface area contributed by atoms with Gasteiger partial charge in [0.2, 0.25) is 5.60 Å². The third-order valence-corrected chi connectivity index (χ3v) is 5.38. The molecule has 0 saturated heterocycles. The fourth-order valence-corrected chi connectivity index (χ4v) is 3.61. The number of alkyl halides is 3. The molecule has 0 bridgehead atoms. The van der Waals surface area contributed by atoms with E-state index in [9.17, 15) is 36.6 Å². The van der Waals surface area contributed by atoms with Crippen LogP contribution in [-0.2, 0) is 10.2 Å². The molecular weight excluding hydrogens is 451 g/mol. The van der Waals surface area contributed by atoms with Gasteiger partial charge >= 0.3 is 11.8 Å². The maximum Gasteiger partial charge on any atom is 0.426 e. The molecule has 0 fully saturated rings. The van der Waals surface area contributed by atoms with E-state index in [-0.39, 0.29) is 22.2 Å². The van der Waals surface area contributed by atoms with E-state index in [2.05, 4.69) is 9.68 Å². The van der Waals surface area contributed by atoms with Gasteiger partial charge in [-0.2, -0.15) is 13.2 Å². The van der Waals surface area contributed by atoms with Crippen LogP contribution in [0.3, 0.4) is 0 Å². The Bertz CT molecular complexity index is 1290. The van der Waals surface area contributed by atoms with Crippen molar-refractivity contribution in [1.82, 2.24) is 5.16 Å². The van der Waals surface area contributed by atoms with E-state index in [4.69, 9.17) is 0 Å². The van der Waals surface area contributed by atoms with Crippen molar-refractivity contribution in [2.24, 2.45) is 0 Å². The number of aryl methyl sites for hydroxylation is 1. The maximum atomic E-state index is 14.3. The van der Waals surface area contributed by atoms with Gasteiger partial charge in [0.05, 0.1) is 11.1 Å². The van der Waals surface area contributed by atoms with Gasteiger partial charge in [0.15, 0.2) is 11.6 Å². The Kier molecular flexibility index (Phi) is 6.05. The van der Waals surface area contributed by atoms with Crippen LogP contribution in [0.4, 0.5) is 27.6 Å². The number of amides is 1. The van der Waals surface area contributed by atoms with Gasteiger partial charge in [-0.3, -0.25) is 4.79 Å². The Morgan fingerprint density at radius 3 is 2.42 bits per heavy atom. The van der Waals surface area contributed by atoms with E-state index < -0.39 is 52.3 Å². The molecule has 11 heteroatoms. The molecule has 176 valence electrons. The highest BCUT2D eigenvalue weighted by Crippen LogP contribution is 2.42. The second-order valence-electron chi connectivity index (χ2n) is 8.29. The Morgan fingerprint density at radius 2 is 1.79 bits per heavy atom. The lowest BCUT2D eigenvalue weighted by Crippen LogP contribution is -2.57. The first-order valence-electron chi connectivity index (χ1n) is 9.63. The van der Waals surface area contributed by atoms with E-state index in [1.807, 2.05) is 5.32 Å². The number of nitrogens with one attached hydrogen (secondary N) is 1. The van der Waals surface area contributed by atoms with Crippen molar-refractivity contribution in [3.8, 4) is 0 Å². The smallest absolute Gasteiger partial charge is 0.373 e. The van der Waals surface area contributed by atoms with Crippen LogP contribution >= 0.6 is 0 Å². The molecule has 0 spiro atoms. The summed E-state index contributed by atoms with van der Waals surface area (Å²) < 4.78 is 74.2. The molecule has 0 radical (unpaired) electrons. The minimum atomic E-state index is -5.45. The van der Waals surface area contributed by atoms with Gasteiger partial charge in [0, 0.05) is 17.5 Å². The monoisotopic (exact) mass is 470 g/mol. The van der Waals surface area contributed by atoms with Crippen LogP contribution < -0.4 is 10.9 Å². The van der Waals surface area contributed by atoms with Crippen molar-refractivity contribution in [3.05, 3.63) is 69.7 Å². The molecule has 3 rings (SSSR count). The summed E-state index contributed by atoms with van der Waals surface area (Å²) in [6.07, 6.45) is -6.75. The predicted molar refractivity (Wildman–Crippen MR) is 109 cm³/mol. The molecule has 1 amide bonds. The first kappa shape index (κ1) is 24.3. The fourth-order valence-electron chi connectivity index (χ4n) is 3.61. The van der Waals surface area contributed by atoms with Crippen LogP contribution in [0.25, 0.3) is 10.8 Å². The van der Waals surface area contributed by atoms with Crippen molar-refractivity contribution in [2.75, 3.05) is 5.32 Å². The number of fused-ring (bicyclic) bond motifs is 1. The topological polar surface area (TPSA) is 92.4 Å². The fraction of sp³-hybridized carbons (Fsp3) is 0.318. The minimum absolute atomic E-state index is 0.0919. The van der Waals surface area contributed by atoms with Crippen LogP contribution in [-0.4, -0.2) is 27.9 Å². The number of nitrogens with zero attached hydrogens (tertiary/aromatic N) is 1. The number of hydrogen-bond donors (Lipinski definition) is 2. The molecule has 0 saturated carbocycles. The zero-order valence-electron chi connectivity index (χ0n) is 17.7. The third kappa shape index (κ3) is 4.45. The molecule has 2 N–H and O–H groups in total. The van der Waals surface area contributed by atoms with E-state index in [0.29, 0.717) is 0 Å². The molecule has 0 aliphatic heterocycles. The van der Waals surface area contributed by atoms with Crippen LogP contribution in [0.1, 0.15) is 31.5 Å². The summed E-state index contributed by atoms with van der Waals surface area (Å²) in [6, 6.07) is 6.59. The number of carbonyl (C=O) groups excluding carboxylic acids is 1. The summed E-state index contributed by atoms with van der Waals surface area (Å²) in [5, 5.41) is 16.3. The summed E-state index contributed by atoms with van der Waals surface area (Å²) in [5.41, 5.74) is -6.87. The van der Waals surface area contributed by atoms with E-state index in [0.717, 1.165) is 38.1 Å². The molecule has 6 nitrogen and oxygen atoms in total. The Morgan fingerprint density at radius 1 is 1.12 bits per heavy atom. The van der Waals surface area contributed by atoms with Crippen molar-refractivity contribution in [1.29, 1.82) is 0 Å². The predicted octanol–water partition coefficient (Wildman–Crippen LogP) is 4.37. The lowest BCUT2D eigenvalue weighted by molar-refractivity contribution is -0.254. The van der Waals surface area contributed by atoms with E-state index in [1.54, 1.807) is 0 Å². The molecule has 1 aromatic heterocycles. The number of rotatable bonds is 5. The van der Waals surface area contributed by atoms with Crippen molar-refractivity contribution < 1.29 is 36.4 Å². The number of anilines is 1. The zero-order valence-corrected chi connectivity index (χ0v) is 17.7. The molecule has 1 unspecified atom stereocenters. The van der Waals surface area contributed by atoms with Gasteiger partial charge in [0.1, 0.15) is 0 Å². The van der Waals surface area contributed by atoms with Crippen LogP contribution in [0.15, 0.2) is 45.7 Å². The van der Waals surface area contributed by atoms with Gasteiger partial charge in [-0.25, -0.2) is 13.6 Å². The van der Waals surface area contributed by atoms with Crippen LogP contribution in [0, 0.1) is 18.6 Å². The Hall–Kier alpha value is -3.34. The normalized spacial score (nSPS) is 14.2. The highest BCUT2D eigenvalue weighted by molar-refractivity contribution is 5.99. The molecule has 3 aromatic rings. The van der Waals surface area contributed by atoms with Gasteiger partial charge in [-0.15, -0.1) is 0 Å². The third-order valence-electron chi connectivity index (χ3n) is 5.38. The highest BCUT2D eigenvalue weighted by Gasteiger charge is 2.61. The Labute approximate surface area is 184 Å². The van der Waals surface area contributed by atoms with Gasteiger partial charge in [-0.05, 0) is 42.2 Å². The van der Waals surface area contributed by atoms with Crippen molar-refractivity contribution >= 4 is 22.4 Å². The molecule has 33 heavy (non-hydrogen) atoms. The standard InChI is InChI=1S/C22H19F5N2O4/c1-11-14-9-12(7-8-13(14)18(30)33-29-11)28-19(31)21(32,22(25,26)27)10-20(2,3)15-5-4-6-16(23)17(15)24/h4-9,32H,10H2,1-3H3,(H,28,31). The maximum absolute atomic E-state index is 14.3. The SMILES string of the molecule is Cc1noc(=O)c2ccc(NC(=O)C(O)(CC(C)(C)c3cccc(F)c3F)C(F)(F)F)cc12. The first-order valence-corrected chi connectivity index (χ1v) is 9.63. The van der Waals surface area contributed by atoms with Crippen LogP contribution in [0.2, 0.25) is 0 Å². The highest BCUT2D eigenvalue weighted by atomic mass is 19.4. The minimum Gasteiger partial charge on any atom is -0.373 e. The summed E-state index contributed by atoms with van der Waals surface area (Å²) in [7, 11) is 0. The number of halogens is 5. The van der Waals surface area contributed by atoms with Gasteiger partial charge in [0.25, 0.3) is 5.91 Å². The lowest BCUT2D eigenvalue weighted by Gasteiger charge is -2.36. The molecule has 0 aliphatic carbocycles. The van der Waals surface area contributed by atoms with Gasteiger partial charge < -0.3 is 14.9 Å². The number of aromatic nitrogens is 1. The molecule has 1 heterocycles. The number of aliphatic hydroxyl groups is 1. The first-order chi connectivity index (χ1) is 15.2. The number of carbonyl (C=O) groups is 1. The quantitative estimate of drug-likeness (QED) is 0.541. The van der Waals surface area contributed by atoms with Crippen molar-refractivity contribution in [3.63, 3.8) is 0 Å². The van der Waals surface area contributed by atoms with E-state index in [1.165, 1.54) is 19.1 Å². The molecule has 0 aliphatic rings. The second kappa shape index (κ2) is 8.22. The molecule has 2 aromatic carbocycles. The lowest BCUT2D eigenvalue weighted by atomic mass is 9.74.